The van der Waals surface area contributed by atoms with Crippen molar-refractivity contribution in [1.82, 2.24) is 0 Å². The van der Waals surface area contributed by atoms with E-state index >= 15 is 0 Å². The van der Waals surface area contributed by atoms with Crippen LogP contribution in [-0.2, 0) is 4.74 Å². The topological polar surface area (TPSA) is 69.4 Å². The number of esters is 1. The zero-order chi connectivity index (χ0) is 16.0. The highest BCUT2D eigenvalue weighted by molar-refractivity contribution is 5.89. The highest BCUT2D eigenvalue weighted by Gasteiger charge is 2.54. The Morgan fingerprint density at radius 1 is 1.04 bits per heavy atom. The maximum Gasteiger partial charge on any atom is 0.338 e. The van der Waals surface area contributed by atoms with E-state index in [1.54, 1.807) is 0 Å². The van der Waals surface area contributed by atoms with Crippen molar-refractivity contribution in [3.8, 4) is 0 Å². The lowest BCUT2D eigenvalue weighted by Crippen LogP contribution is -2.36. The van der Waals surface area contributed by atoms with E-state index in [1.165, 1.54) is 56.4 Å². The zero-order valence-electron chi connectivity index (χ0n) is 13.0. The number of benzene rings is 1. The van der Waals surface area contributed by atoms with Crippen LogP contribution < -0.4 is 0 Å². The number of rotatable bonds is 3. The van der Waals surface area contributed by atoms with Crippen LogP contribution >= 0.6 is 0 Å². The molecule has 4 rings (SSSR count). The molecule has 2 bridgehead atoms. The third-order valence-corrected chi connectivity index (χ3v) is 6.19. The summed E-state index contributed by atoms with van der Waals surface area (Å²) in [5.74, 6) is 2.54. The molecule has 0 aromatic heterocycles. The average Bonchev–Trinajstić information content (AvgIpc) is 3.14. The Balaban J connectivity index is 1.42. The first-order chi connectivity index (χ1) is 11.1. The first kappa shape index (κ1) is 14.7. The smallest absolute Gasteiger partial charge is 0.338 e. The number of hydrogen-bond acceptors (Lipinski definition) is 4. The van der Waals surface area contributed by atoms with E-state index in [2.05, 4.69) is 0 Å². The maximum atomic E-state index is 12.3. The van der Waals surface area contributed by atoms with Crippen LogP contribution in [0.3, 0.4) is 0 Å². The number of nitrogens with zero attached hydrogens (tertiary/aromatic N) is 1. The van der Waals surface area contributed by atoms with Crippen LogP contribution in [0.4, 0.5) is 5.69 Å². The highest BCUT2D eigenvalue weighted by Crippen LogP contribution is 2.58. The Hall–Kier alpha value is -1.91. The van der Waals surface area contributed by atoms with Gasteiger partial charge in [-0.15, -0.1) is 0 Å². The summed E-state index contributed by atoms with van der Waals surface area (Å²) in [6, 6.07) is 5.68. The molecule has 0 spiro atoms. The molecular formula is C18H21NO4. The predicted octanol–water partition coefficient (Wildman–Crippen LogP) is 3.97. The Bertz CT molecular complexity index is 626. The zero-order valence-corrected chi connectivity index (χ0v) is 13.0. The summed E-state index contributed by atoms with van der Waals surface area (Å²) in [6.07, 6.45) is 7.58. The van der Waals surface area contributed by atoms with Crippen LogP contribution in [0.5, 0.6) is 0 Å². The summed E-state index contributed by atoms with van der Waals surface area (Å²) in [7, 11) is 0. The molecule has 0 aliphatic heterocycles. The molecule has 3 aliphatic carbocycles. The van der Waals surface area contributed by atoms with Crippen molar-refractivity contribution in [2.45, 2.75) is 44.6 Å². The molecule has 0 radical (unpaired) electrons. The first-order valence-corrected chi connectivity index (χ1v) is 8.59. The van der Waals surface area contributed by atoms with Gasteiger partial charge in [-0.25, -0.2) is 4.79 Å². The number of nitro benzene ring substituents is 1. The number of non-ortho nitro benzene ring substituents is 1. The van der Waals surface area contributed by atoms with Gasteiger partial charge in [-0.05, 0) is 61.5 Å². The minimum absolute atomic E-state index is 0.00785. The van der Waals surface area contributed by atoms with E-state index in [0.717, 1.165) is 24.2 Å². The van der Waals surface area contributed by atoms with Gasteiger partial charge in [0.15, 0.2) is 0 Å². The van der Waals surface area contributed by atoms with E-state index in [1.807, 2.05) is 0 Å². The van der Waals surface area contributed by atoms with Crippen LogP contribution in [0.15, 0.2) is 24.3 Å². The van der Waals surface area contributed by atoms with Crippen molar-refractivity contribution < 1.29 is 14.5 Å². The summed E-state index contributed by atoms with van der Waals surface area (Å²) >= 11 is 0. The molecule has 0 N–H and O–H groups in total. The SMILES string of the molecule is O=C(O[C@H]1C[C@@H]2C[C@@H]1[C@H]1CCCC[C@H]21)c1ccc([N+](=O)[O-])cc1. The number of ether oxygens (including phenoxy) is 1. The van der Waals surface area contributed by atoms with Crippen LogP contribution in [0.1, 0.15) is 48.9 Å². The van der Waals surface area contributed by atoms with Gasteiger partial charge in [0, 0.05) is 12.1 Å². The van der Waals surface area contributed by atoms with Gasteiger partial charge in [0.05, 0.1) is 10.5 Å². The molecule has 0 saturated heterocycles. The van der Waals surface area contributed by atoms with E-state index in [-0.39, 0.29) is 17.8 Å². The number of carbonyl (C=O) groups excluding carboxylic acids is 1. The maximum absolute atomic E-state index is 12.3. The third kappa shape index (κ3) is 2.52. The van der Waals surface area contributed by atoms with Gasteiger partial charge in [0.25, 0.3) is 5.69 Å². The summed E-state index contributed by atoms with van der Waals surface area (Å²) in [5, 5.41) is 10.7. The fourth-order valence-corrected chi connectivity index (χ4v) is 5.24. The molecule has 5 atom stereocenters. The minimum atomic E-state index is -0.464. The van der Waals surface area contributed by atoms with Gasteiger partial charge in [-0.1, -0.05) is 12.8 Å². The van der Waals surface area contributed by atoms with Gasteiger partial charge >= 0.3 is 5.97 Å². The Morgan fingerprint density at radius 2 is 1.74 bits per heavy atom. The number of fused-ring (bicyclic) bond motifs is 5. The van der Waals surface area contributed by atoms with E-state index in [9.17, 15) is 14.9 Å². The molecule has 5 heteroatoms. The minimum Gasteiger partial charge on any atom is -0.458 e. The molecule has 3 fully saturated rings. The van der Waals surface area contributed by atoms with Crippen LogP contribution in [0.25, 0.3) is 0 Å². The second-order valence-corrected chi connectivity index (χ2v) is 7.26. The second-order valence-electron chi connectivity index (χ2n) is 7.26. The normalized spacial score (nSPS) is 34.9. The lowest BCUT2D eigenvalue weighted by atomic mass is 9.70. The summed E-state index contributed by atoms with van der Waals surface area (Å²) in [6.45, 7) is 0. The molecule has 1 aromatic rings. The van der Waals surface area contributed by atoms with Crippen LogP contribution in [0, 0.1) is 33.8 Å². The molecule has 122 valence electrons. The molecule has 0 amide bonds. The summed E-state index contributed by atoms with van der Waals surface area (Å²) < 4.78 is 5.77. The van der Waals surface area contributed by atoms with Crippen molar-refractivity contribution in [2.75, 3.05) is 0 Å². The lowest BCUT2D eigenvalue weighted by Gasteiger charge is -2.38. The summed E-state index contributed by atoms with van der Waals surface area (Å²) in [4.78, 5) is 22.5. The molecule has 3 aliphatic rings. The standard InChI is InChI=1S/C18H21NO4/c20-18(11-5-7-13(8-6-11)19(21)22)23-17-10-12-9-16(17)15-4-2-1-3-14(12)15/h5-8,12,14-17H,1-4,9-10H2/t12-,14+,15-,16+,17-/m0/s1. The van der Waals surface area contributed by atoms with Crippen LogP contribution in [0.2, 0.25) is 0 Å². The molecular weight excluding hydrogens is 294 g/mol. The lowest BCUT2D eigenvalue weighted by molar-refractivity contribution is -0.384. The Morgan fingerprint density at radius 3 is 2.43 bits per heavy atom. The monoisotopic (exact) mass is 315 g/mol. The largest absolute Gasteiger partial charge is 0.458 e. The van der Waals surface area contributed by atoms with Crippen molar-refractivity contribution in [3.63, 3.8) is 0 Å². The van der Waals surface area contributed by atoms with Gasteiger partial charge in [0.2, 0.25) is 0 Å². The van der Waals surface area contributed by atoms with Crippen molar-refractivity contribution in [1.29, 1.82) is 0 Å². The van der Waals surface area contributed by atoms with Gasteiger partial charge in [-0.3, -0.25) is 10.1 Å². The Labute approximate surface area is 135 Å². The second kappa shape index (κ2) is 5.62. The van der Waals surface area contributed by atoms with Crippen molar-refractivity contribution in [2.24, 2.45) is 23.7 Å². The van der Waals surface area contributed by atoms with Gasteiger partial charge in [-0.2, -0.15) is 0 Å². The summed E-state index contributed by atoms with van der Waals surface area (Å²) in [5.41, 5.74) is 0.394. The highest BCUT2D eigenvalue weighted by atomic mass is 16.6. The molecule has 5 nitrogen and oxygen atoms in total. The number of carbonyl (C=O) groups is 1. The number of hydrogen-bond donors (Lipinski definition) is 0. The predicted molar refractivity (Wildman–Crippen MR) is 84.0 cm³/mol. The molecule has 23 heavy (non-hydrogen) atoms. The van der Waals surface area contributed by atoms with Crippen molar-refractivity contribution in [3.05, 3.63) is 39.9 Å². The average molecular weight is 315 g/mol. The third-order valence-electron chi connectivity index (χ3n) is 6.19. The van der Waals surface area contributed by atoms with Gasteiger partial charge in [0.1, 0.15) is 6.10 Å². The molecule has 0 heterocycles. The fraction of sp³-hybridized carbons (Fsp3) is 0.611. The van der Waals surface area contributed by atoms with Crippen LogP contribution in [-0.4, -0.2) is 17.0 Å². The number of nitro groups is 1. The van der Waals surface area contributed by atoms with E-state index in [4.69, 9.17) is 4.74 Å². The molecule has 0 unspecified atom stereocenters. The Kier molecular flexibility index (Phi) is 3.58. The quantitative estimate of drug-likeness (QED) is 0.481. The first-order valence-electron chi connectivity index (χ1n) is 8.59. The molecule has 1 aromatic carbocycles. The van der Waals surface area contributed by atoms with E-state index < -0.39 is 4.92 Å². The molecule has 3 saturated carbocycles. The van der Waals surface area contributed by atoms with Gasteiger partial charge < -0.3 is 4.74 Å². The fourth-order valence-electron chi connectivity index (χ4n) is 5.24. The van der Waals surface area contributed by atoms with E-state index in [0.29, 0.717) is 11.5 Å². The van der Waals surface area contributed by atoms with Crippen molar-refractivity contribution >= 4 is 11.7 Å².